The van der Waals surface area contributed by atoms with Gasteiger partial charge in [-0.3, -0.25) is 9.59 Å². The van der Waals surface area contributed by atoms with Crippen molar-refractivity contribution in [3.05, 3.63) is 29.8 Å². The van der Waals surface area contributed by atoms with Gasteiger partial charge in [-0.15, -0.1) is 0 Å². The Balaban J connectivity index is 1.87. The molecular weight excluding hydrogens is 338 g/mol. The molecule has 0 heterocycles. The van der Waals surface area contributed by atoms with Crippen LogP contribution in [0.15, 0.2) is 24.3 Å². The van der Waals surface area contributed by atoms with Crippen molar-refractivity contribution in [3.8, 4) is 5.75 Å². The van der Waals surface area contributed by atoms with E-state index in [1.807, 2.05) is 0 Å². The van der Waals surface area contributed by atoms with Crippen molar-refractivity contribution in [3.63, 3.8) is 0 Å². The molecule has 1 fully saturated rings. The summed E-state index contributed by atoms with van der Waals surface area (Å²) in [5.74, 6) is -0.882. The van der Waals surface area contributed by atoms with Gasteiger partial charge in [-0.1, -0.05) is 12.1 Å². The fraction of sp³-hybridized carbons (Fsp3) is 0.526. The van der Waals surface area contributed by atoms with Gasteiger partial charge in [-0.2, -0.15) is 0 Å². The minimum absolute atomic E-state index is 0.0383. The topological polar surface area (TPSA) is 90.9 Å². The molecule has 1 atom stereocenters. The predicted octanol–water partition coefficient (Wildman–Crippen LogP) is 2.12. The third-order valence-corrected chi connectivity index (χ3v) is 4.17. The molecule has 7 heteroatoms. The van der Waals surface area contributed by atoms with E-state index in [9.17, 15) is 14.4 Å². The zero-order valence-corrected chi connectivity index (χ0v) is 15.2. The Morgan fingerprint density at radius 2 is 1.81 bits per heavy atom. The van der Waals surface area contributed by atoms with E-state index in [-0.39, 0.29) is 19.1 Å². The molecule has 26 heavy (non-hydrogen) atoms. The van der Waals surface area contributed by atoms with Crippen LogP contribution in [0.1, 0.15) is 44.6 Å². The van der Waals surface area contributed by atoms with Crippen LogP contribution in [0, 0.1) is 0 Å². The molecular formula is C19H25NO6. The Hall–Kier alpha value is -2.57. The quantitative estimate of drug-likeness (QED) is 0.712. The molecule has 0 spiro atoms. The Kier molecular flexibility index (Phi) is 7.44. The maximum atomic E-state index is 12.3. The first kappa shape index (κ1) is 19.8. The predicted molar refractivity (Wildman–Crippen MR) is 93.4 cm³/mol. The summed E-state index contributed by atoms with van der Waals surface area (Å²) in [6, 6.07) is 6.00. The number of methoxy groups -OCH3 is 1. The lowest BCUT2D eigenvalue weighted by Gasteiger charge is -2.18. The van der Waals surface area contributed by atoms with Crippen LogP contribution < -0.4 is 10.1 Å². The molecule has 1 aliphatic carbocycles. The number of benzene rings is 1. The van der Waals surface area contributed by atoms with Crippen molar-refractivity contribution in [1.29, 1.82) is 0 Å². The lowest BCUT2D eigenvalue weighted by Crippen LogP contribution is -2.42. The van der Waals surface area contributed by atoms with Crippen molar-refractivity contribution in [2.24, 2.45) is 0 Å². The van der Waals surface area contributed by atoms with E-state index in [4.69, 9.17) is 14.2 Å². The standard InChI is InChI=1S/C19H25NO6/c1-13(21)20-17(11-18(22)26-16-5-3-4-6-16)19(23)25-12-14-7-9-15(24-2)10-8-14/h7-10,16-17H,3-6,11-12H2,1-2H3,(H,20,21)/t17-/m0/s1. The monoisotopic (exact) mass is 363 g/mol. The molecule has 1 N–H and O–H groups in total. The minimum Gasteiger partial charge on any atom is -0.497 e. The van der Waals surface area contributed by atoms with Gasteiger partial charge in [-0.05, 0) is 43.4 Å². The number of carbonyl (C=O) groups excluding carboxylic acids is 3. The molecule has 1 amide bonds. The second-order valence-corrected chi connectivity index (χ2v) is 6.31. The van der Waals surface area contributed by atoms with Crippen LogP contribution >= 0.6 is 0 Å². The molecule has 0 aromatic heterocycles. The average molecular weight is 363 g/mol. The van der Waals surface area contributed by atoms with E-state index in [0.29, 0.717) is 5.75 Å². The second-order valence-electron chi connectivity index (χ2n) is 6.31. The number of rotatable bonds is 8. The van der Waals surface area contributed by atoms with Crippen molar-refractivity contribution in [2.45, 2.75) is 57.8 Å². The number of hydrogen-bond donors (Lipinski definition) is 1. The number of ether oxygens (including phenoxy) is 3. The Morgan fingerprint density at radius 1 is 1.15 bits per heavy atom. The molecule has 1 saturated carbocycles. The highest BCUT2D eigenvalue weighted by molar-refractivity contribution is 5.87. The fourth-order valence-electron chi connectivity index (χ4n) is 2.82. The van der Waals surface area contributed by atoms with Gasteiger partial charge < -0.3 is 19.5 Å². The first-order chi connectivity index (χ1) is 12.5. The molecule has 1 aromatic rings. The molecule has 1 aromatic carbocycles. The summed E-state index contributed by atoms with van der Waals surface area (Å²) < 4.78 is 15.7. The Bertz CT molecular complexity index is 621. The van der Waals surface area contributed by atoms with E-state index < -0.39 is 23.9 Å². The van der Waals surface area contributed by atoms with Crippen LogP contribution in [0.2, 0.25) is 0 Å². The maximum Gasteiger partial charge on any atom is 0.329 e. The van der Waals surface area contributed by atoms with Gasteiger partial charge in [0.1, 0.15) is 24.5 Å². The van der Waals surface area contributed by atoms with E-state index in [0.717, 1.165) is 31.2 Å². The van der Waals surface area contributed by atoms with Crippen LogP contribution in [0.3, 0.4) is 0 Å². The van der Waals surface area contributed by atoms with Crippen LogP contribution in [0.4, 0.5) is 0 Å². The van der Waals surface area contributed by atoms with Gasteiger partial charge in [0.05, 0.1) is 13.5 Å². The molecule has 0 aliphatic heterocycles. The molecule has 7 nitrogen and oxygen atoms in total. The van der Waals surface area contributed by atoms with Crippen molar-refractivity contribution in [1.82, 2.24) is 5.32 Å². The van der Waals surface area contributed by atoms with Gasteiger partial charge >= 0.3 is 11.9 Å². The number of nitrogens with one attached hydrogen (secondary N) is 1. The average Bonchev–Trinajstić information content (AvgIpc) is 3.12. The first-order valence-electron chi connectivity index (χ1n) is 8.74. The highest BCUT2D eigenvalue weighted by Gasteiger charge is 2.27. The summed E-state index contributed by atoms with van der Waals surface area (Å²) in [4.78, 5) is 35.7. The van der Waals surface area contributed by atoms with Gasteiger partial charge in [-0.25, -0.2) is 4.79 Å². The molecule has 1 aliphatic rings. The van der Waals surface area contributed by atoms with Crippen molar-refractivity contribution < 1.29 is 28.6 Å². The van der Waals surface area contributed by atoms with Crippen molar-refractivity contribution in [2.75, 3.05) is 7.11 Å². The van der Waals surface area contributed by atoms with Gasteiger partial charge in [0.15, 0.2) is 0 Å². The largest absolute Gasteiger partial charge is 0.497 e. The molecule has 2 rings (SSSR count). The summed E-state index contributed by atoms with van der Waals surface area (Å²) >= 11 is 0. The smallest absolute Gasteiger partial charge is 0.329 e. The van der Waals surface area contributed by atoms with E-state index in [1.165, 1.54) is 6.92 Å². The number of esters is 2. The van der Waals surface area contributed by atoms with Crippen LogP contribution in [0.25, 0.3) is 0 Å². The summed E-state index contributed by atoms with van der Waals surface area (Å²) in [6.07, 6.45) is 3.44. The third kappa shape index (κ3) is 6.38. The van der Waals surface area contributed by atoms with Crippen LogP contribution in [-0.4, -0.2) is 37.1 Å². The third-order valence-electron chi connectivity index (χ3n) is 4.17. The molecule has 0 bridgehead atoms. The summed E-state index contributed by atoms with van der Waals surface area (Å²) in [5, 5.41) is 2.46. The molecule has 0 saturated heterocycles. The molecule has 0 unspecified atom stereocenters. The van der Waals surface area contributed by atoms with Gasteiger partial charge in [0, 0.05) is 6.92 Å². The molecule has 0 radical (unpaired) electrons. The lowest BCUT2D eigenvalue weighted by atomic mass is 10.2. The zero-order chi connectivity index (χ0) is 18.9. The molecule has 142 valence electrons. The van der Waals surface area contributed by atoms with Crippen LogP contribution in [0.5, 0.6) is 5.75 Å². The first-order valence-corrected chi connectivity index (χ1v) is 8.74. The Labute approximate surface area is 153 Å². The highest BCUT2D eigenvalue weighted by Crippen LogP contribution is 2.21. The number of hydrogen-bond acceptors (Lipinski definition) is 6. The van der Waals surface area contributed by atoms with E-state index in [1.54, 1.807) is 31.4 Å². The van der Waals surface area contributed by atoms with E-state index >= 15 is 0 Å². The lowest BCUT2D eigenvalue weighted by molar-refractivity contribution is -0.156. The van der Waals surface area contributed by atoms with Gasteiger partial charge in [0.2, 0.25) is 5.91 Å². The summed E-state index contributed by atoms with van der Waals surface area (Å²) in [7, 11) is 1.57. The summed E-state index contributed by atoms with van der Waals surface area (Å²) in [6.45, 7) is 1.32. The second kappa shape index (κ2) is 9.79. The van der Waals surface area contributed by atoms with Gasteiger partial charge in [0.25, 0.3) is 0 Å². The van der Waals surface area contributed by atoms with E-state index in [2.05, 4.69) is 5.32 Å². The zero-order valence-electron chi connectivity index (χ0n) is 15.2. The maximum absolute atomic E-state index is 12.3. The number of amides is 1. The minimum atomic E-state index is -1.06. The van der Waals surface area contributed by atoms with Crippen LogP contribution in [-0.2, 0) is 30.5 Å². The Morgan fingerprint density at radius 3 is 2.38 bits per heavy atom. The highest BCUT2D eigenvalue weighted by atomic mass is 16.5. The summed E-state index contributed by atoms with van der Waals surface area (Å²) in [5.41, 5.74) is 0.772. The SMILES string of the molecule is COc1ccc(COC(=O)[C@H](CC(=O)OC2CCCC2)NC(C)=O)cc1. The number of carbonyl (C=O) groups is 3. The van der Waals surface area contributed by atoms with Crippen molar-refractivity contribution >= 4 is 17.8 Å². The normalized spacial score (nSPS) is 15.2. The fourth-order valence-corrected chi connectivity index (χ4v) is 2.82.